The number of carbonyl (C=O) groups is 4. The number of imidazole rings is 1. The van der Waals surface area contributed by atoms with Crippen LogP contribution in [0, 0.1) is 10.8 Å². The molecule has 6 N–H and O–H groups in total. The molecule has 0 saturated carbocycles. The number of imide groups is 1. The number of piperidine rings is 2. The highest BCUT2D eigenvalue weighted by molar-refractivity contribution is 6.09. The van der Waals surface area contributed by atoms with Crippen molar-refractivity contribution in [3.05, 3.63) is 68.8 Å². The van der Waals surface area contributed by atoms with Crippen molar-refractivity contribution < 1.29 is 28.0 Å². The van der Waals surface area contributed by atoms with Crippen molar-refractivity contribution in [1.29, 1.82) is 10.8 Å². The Bertz CT molecular complexity index is 2420. The Balaban J connectivity index is 0.882. The van der Waals surface area contributed by atoms with E-state index >= 15 is 0 Å². The van der Waals surface area contributed by atoms with Gasteiger partial charge in [0.15, 0.2) is 0 Å². The number of benzene rings is 2. The molecule has 3 aromatic rings. The number of fused-ring (bicyclic) bond motifs is 2. The van der Waals surface area contributed by atoms with Gasteiger partial charge in [0.1, 0.15) is 11.9 Å². The summed E-state index contributed by atoms with van der Waals surface area (Å²) in [4.78, 5) is 68.9. The molecule has 2 saturated heterocycles. The number of likely N-dealkylation sites (N-methyl/N-ethyl adjacent to an activating group) is 1. The number of para-hydroxylation sites is 1. The summed E-state index contributed by atoms with van der Waals surface area (Å²) >= 11 is 0. The highest BCUT2D eigenvalue weighted by Gasteiger charge is 2.34. The van der Waals surface area contributed by atoms with E-state index < -0.39 is 24.3 Å². The Labute approximate surface area is 384 Å². The van der Waals surface area contributed by atoms with Crippen molar-refractivity contribution in [2.75, 3.05) is 63.1 Å². The zero-order valence-electron chi connectivity index (χ0n) is 38.4. The molecule has 0 radical (unpaired) electrons. The Kier molecular flexibility index (Phi) is 15.7. The standard InChI is InChI=1S/C48H65F2N11O5/c1-30(62)59-24-19-37(36(29-59)46(52)60-21-10-11-31-25-34(32(27-51)28-53-2)35(45(49)50)26-41(31)60)55-33-17-22-58(23-18-33)43(64)14-7-5-4-6-8-20-54-38-12-9-13-39-44(38)57(3)48(66)61(39)40-15-16-42(63)56-47(40)65/h9,12-13,25-27,32-33,40,45,51-55H,4-8,10-11,14-24,28-29H2,1-3H3,(H,56,63,65). The number of hydrogen-bond acceptors (Lipinski definition) is 10. The number of rotatable bonds is 18. The number of unbranched alkanes of at least 4 members (excludes halogenated alkanes) is 4. The zero-order valence-corrected chi connectivity index (χ0v) is 38.4. The van der Waals surface area contributed by atoms with E-state index in [9.17, 15) is 38.2 Å². The molecule has 2 unspecified atom stereocenters. The molecule has 18 heteroatoms. The molecule has 66 heavy (non-hydrogen) atoms. The summed E-state index contributed by atoms with van der Waals surface area (Å²) in [6.45, 7) is 5.07. The van der Waals surface area contributed by atoms with E-state index in [-0.39, 0.29) is 60.2 Å². The van der Waals surface area contributed by atoms with Crippen LogP contribution in [0.3, 0.4) is 0 Å². The van der Waals surface area contributed by atoms with Gasteiger partial charge in [-0.05, 0) is 81.3 Å². The van der Waals surface area contributed by atoms with Crippen molar-refractivity contribution >= 4 is 58.1 Å². The van der Waals surface area contributed by atoms with Gasteiger partial charge in [-0.15, -0.1) is 0 Å². The van der Waals surface area contributed by atoms with E-state index in [4.69, 9.17) is 5.41 Å². The van der Waals surface area contributed by atoms with Gasteiger partial charge in [-0.3, -0.25) is 39.0 Å². The van der Waals surface area contributed by atoms with Crippen molar-refractivity contribution in [2.24, 2.45) is 7.05 Å². The van der Waals surface area contributed by atoms with E-state index in [0.717, 1.165) is 68.3 Å². The molecule has 0 aliphatic carbocycles. The van der Waals surface area contributed by atoms with Crippen LogP contribution >= 0.6 is 0 Å². The number of carbonyl (C=O) groups excluding carboxylic acids is 4. The lowest BCUT2D eigenvalue weighted by atomic mass is 9.88. The average molecular weight is 914 g/mol. The smallest absolute Gasteiger partial charge is 0.329 e. The highest BCUT2D eigenvalue weighted by atomic mass is 19.3. The molecule has 1 aromatic heterocycles. The minimum Gasteiger partial charge on any atom is -0.385 e. The maximum atomic E-state index is 14.6. The minimum absolute atomic E-state index is 0.0818. The maximum absolute atomic E-state index is 14.6. The first kappa shape index (κ1) is 48.0. The number of amidine groups is 1. The second kappa shape index (κ2) is 21.6. The largest absolute Gasteiger partial charge is 0.385 e. The van der Waals surface area contributed by atoms with Crippen LogP contribution in [0.15, 0.2) is 46.4 Å². The second-order valence-corrected chi connectivity index (χ2v) is 18.1. The SMILES string of the molecule is CNCC(C=N)c1cc2c(cc1C(F)F)N(C(=N)C1=C(NC3CCN(C(=O)CCCCCCCNc4cccc5c4n(C)c(=O)n5C4CCC(=O)NC4=O)CC3)CCN(C(C)=O)C1)CCC2. The summed E-state index contributed by atoms with van der Waals surface area (Å²) < 4.78 is 32.1. The van der Waals surface area contributed by atoms with Gasteiger partial charge in [-0.25, -0.2) is 13.6 Å². The molecule has 4 aliphatic rings. The topological polar surface area (TPSA) is 201 Å². The third-order valence-corrected chi connectivity index (χ3v) is 13.7. The van der Waals surface area contributed by atoms with Gasteiger partial charge in [-0.1, -0.05) is 31.4 Å². The Morgan fingerprint density at radius 2 is 1.70 bits per heavy atom. The first-order valence-electron chi connectivity index (χ1n) is 23.6. The van der Waals surface area contributed by atoms with Crippen LogP contribution in [-0.4, -0.2) is 114 Å². The molecule has 356 valence electrons. The van der Waals surface area contributed by atoms with Gasteiger partial charge in [0.25, 0.3) is 6.43 Å². The summed E-state index contributed by atoms with van der Waals surface area (Å²) in [5, 5.41) is 29.9. The van der Waals surface area contributed by atoms with Crippen LogP contribution in [0.1, 0.15) is 119 Å². The quantitative estimate of drug-likeness (QED) is 0.0414. The van der Waals surface area contributed by atoms with E-state index in [2.05, 4.69) is 21.3 Å². The Morgan fingerprint density at radius 1 is 0.939 bits per heavy atom. The van der Waals surface area contributed by atoms with Gasteiger partial charge in [0, 0.05) is 113 Å². The molecule has 4 amide bonds. The highest BCUT2D eigenvalue weighted by Crippen LogP contribution is 2.38. The predicted octanol–water partition coefficient (Wildman–Crippen LogP) is 5.48. The third-order valence-electron chi connectivity index (χ3n) is 13.7. The number of aryl methyl sites for hydroxylation is 2. The van der Waals surface area contributed by atoms with Crippen LogP contribution in [0.4, 0.5) is 20.2 Å². The van der Waals surface area contributed by atoms with Gasteiger partial charge in [-0.2, -0.15) is 0 Å². The van der Waals surface area contributed by atoms with Crippen molar-refractivity contribution in [3.63, 3.8) is 0 Å². The molecule has 16 nitrogen and oxygen atoms in total. The zero-order chi connectivity index (χ0) is 47.1. The number of hydrogen-bond donors (Lipinski definition) is 6. The number of nitrogens with zero attached hydrogens (tertiary/aromatic N) is 5. The predicted molar refractivity (Wildman–Crippen MR) is 252 cm³/mol. The molecule has 2 fully saturated rings. The monoisotopic (exact) mass is 914 g/mol. The van der Waals surface area contributed by atoms with Crippen LogP contribution in [0.25, 0.3) is 11.0 Å². The van der Waals surface area contributed by atoms with Gasteiger partial charge >= 0.3 is 5.69 Å². The molecule has 2 atom stereocenters. The van der Waals surface area contributed by atoms with Gasteiger partial charge in [0.05, 0.1) is 23.3 Å². The number of anilines is 2. The number of halogens is 2. The Hall–Kier alpha value is -5.91. The fourth-order valence-corrected chi connectivity index (χ4v) is 10.1. The molecular formula is C48H65F2N11O5. The van der Waals surface area contributed by atoms with E-state index in [1.807, 2.05) is 28.0 Å². The summed E-state index contributed by atoms with van der Waals surface area (Å²) in [5.74, 6) is -1.02. The Morgan fingerprint density at radius 3 is 2.41 bits per heavy atom. The molecule has 0 spiro atoms. The lowest BCUT2D eigenvalue weighted by Crippen LogP contribution is -2.48. The van der Waals surface area contributed by atoms with Crippen molar-refractivity contribution in [2.45, 2.75) is 115 Å². The summed E-state index contributed by atoms with van der Waals surface area (Å²) in [6, 6.07) is 8.24. The number of likely N-dealkylation sites (tertiary alicyclic amines) is 1. The number of nitrogens with one attached hydrogen (secondary N) is 6. The van der Waals surface area contributed by atoms with Crippen molar-refractivity contribution in [1.82, 2.24) is 34.9 Å². The number of aromatic nitrogens is 2. The average Bonchev–Trinajstić information content (AvgIpc) is 3.56. The van der Waals surface area contributed by atoms with Crippen LogP contribution in [-0.2, 0) is 32.6 Å². The second-order valence-electron chi connectivity index (χ2n) is 18.1. The first-order chi connectivity index (χ1) is 31.8. The minimum atomic E-state index is -2.75. The number of amides is 4. The molecular weight excluding hydrogens is 849 g/mol. The molecule has 0 bridgehead atoms. The maximum Gasteiger partial charge on any atom is 0.329 e. The van der Waals surface area contributed by atoms with Crippen LogP contribution < -0.4 is 31.9 Å². The molecule has 5 heterocycles. The lowest BCUT2D eigenvalue weighted by Gasteiger charge is -2.39. The van der Waals surface area contributed by atoms with E-state index in [0.29, 0.717) is 86.4 Å². The fourth-order valence-electron chi connectivity index (χ4n) is 10.1. The number of alkyl halides is 2. The molecule has 7 rings (SSSR count). The summed E-state index contributed by atoms with van der Waals surface area (Å²) in [5.41, 5.74) is 5.18. The first-order valence-corrected chi connectivity index (χ1v) is 23.6. The van der Waals surface area contributed by atoms with E-state index in [1.54, 1.807) is 29.6 Å². The van der Waals surface area contributed by atoms with E-state index in [1.165, 1.54) is 23.8 Å². The van der Waals surface area contributed by atoms with Crippen molar-refractivity contribution in [3.8, 4) is 0 Å². The molecule has 4 aliphatic heterocycles. The van der Waals surface area contributed by atoms with Gasteiger partial charge < -0.3 is 36.1 Å². The third kappa shape index (κ3) is 10.5. The van der Waals surface area contributed by atoms with Crippen LogP contribution in [0.5, 0.6) is 0 Å². The summed E-state index contributed by atoms with van der Waals surface area (Å²) in [6.07, 6.45) is 7.49. The van der Waals surface area contributed by atoms with Crippen LogP contribution in [0.2, 0.25) is 0 Å². The van der Waals surface area contributed by atoms with Gasteiger partial charge in [0.2, 0.25) is 23.6 Å². The normalized spacial score (nSPS) is 18.7. The lowest BCUT2D eigenvalue weighted by molar-refractivity contribution is -0.136. The summed E-state index contributed by atoms with van der Waals surface area (Å²) in [7, 11) is 3.42. The fraction of sp³-hybridized carbons (Fsp3) is 0.562. The molecule has 2 aromatic carbocycles.